The molecule has 0 fully saturated rings. The van der Waals surface area contributed by atoms with Crippen LogP contribution in [0.2, 0.25) is 0 Å². The molecular weight excluding hydrogens is 430 g/mol. The average molecular weight is 472 g/mol. The summed E-state index contributed by atoms with van der Waals surface area (Å²) in [5, 5.41) is 16.8. The number of carboxylic acid groups (broad SMARTS) is 1. The molecule has 4 amide bonds. The van der Waals surface area contributed by atoms with Crippen LogP contribution in [0.1, 0.15) is 67.2 Å². The summed E-state index contributed by atoms with van der Waals surface area (Å²) in [7, 11) is 0. The molecule has 4 atom stereocenters. The van der Waals surface area contributed by atoms with Gasteiger partial charge in [0, 0.05) is 0 Å². The first kappa shape index (κ1) is 30.3. The molecule has 0 spiro atoms. The summed E-state index contributed by atoms with van der Waals surface area (Å²) in [6.45, 7) is 11.3. The molecule has 0 saturated heterocycles. The maximum atomic E-state index is 13.0. The van der Waals surface area contributed by atoms with E-state index in [0.717, 1.165) is 0 Å². The van der Waals surface area contributed by atoms with E-state index in [1.807, 2.05) is 41.5 Å². The molecule has 4 unspecified atom stereocenters. The summed E-state index contributed by atoms with van der Waals surface area (Å²) in [6.07, 6.45) is 0.414. The van der Waals surface area contributed by atoms with E-state index >= 15 is 0 Å². The Morgan fingerprint density at radius 2 is 1.03 bits per heavy atom. The highest BCUT2D eigenvalue weighted by Gasteiger charge is 2.31. The Kier molecular flexibility index (Phi) is 13.3. The topological polar surface area (TPSA) is 194 Å². The van der Waals surface area contributed by atoms with Gasteiger partial charge in [0.25, 0.3) is 0 Å². The minimum Gasteiger partial charge on any atom is -0.480 e. The van der Waals surface area contributed by atoms with Crippen molar-refractivity contribution in [3.05, 3.63) is 0 Å². The largest absolute Gasteiger partial charge is 0.480 e. The van der Waals surface area contributed by atoms with Gasteiger partial charge < -0.3 is 32.5 Å². The molecule has 0 bridgehead atoms. The van der Waals surface area contributed by atoms with Crippen LogP contribution in [-0.2, 0) is 24.0 Å². The number of hydrogen-bond acceptors (Lipinski definition) is 6. The first-order valence-corrected chi connectivity index (χ1v) is 11.3. The van der Waals surface area contributed by atoms with Crippen molar-refractivity contribution in [2.75, 3.05) is 0 Å². The van der Waals surface area contributed by atoms with Gasteiger partial charge in [-0.15, -0.1) is 0 Å². The number of rotatable bonds is 15. The molecule has 0 aliphatic rings. The Morgan fingerprint density at radius 3 is 1.36 bits per heavy atom. The fourth-order valence-electron chi connectivity index (χ4n) is 3.25. The van der Waals surface area contributed by atoms with Crippen molar-refractivity contribution in [3.63, 3.8) is 0 Å². The lowest BCUT2D eigenvalue weighted by atomic mass is 9.99. The Labute approximate surface area is 195 Å². The third-order valence-corrected chi connectivity index (χ3v) is 4.76. The lowest BCUT2D eigenvalue weighted by Crippen LogP contribution is -2.57. The van der Waals surface area contributed by atoms with E-state index in [2.05, 4.69) is 16.0 Å². The van der Waals surface area contributed by atoms with Crippen LogP contribution in [0, 0.1) is 17.8 Å². The zero-order valence-corrected chi connectivity index (χ0v) is 20.5. The van der Waals surface area contributed by atoms with Gasteiger partial charge in [-0.2, -0.15) is 0 Å². The van der Waals surface area contributed by atoms with E-state index in [9.17, 15) is 29.1 Å². The van der Waals surface area contributed by atoms with Gasteiger partial charge in [0.2, 0.25) is 23.6 Å². The SMILES string of the molecule is CC(C)CC(N)C(=O)NC(CC(C)C)C(=O)NC(CC(C)C)C(=O)NC(CC(N)=O)C(=O)O. The van der Waals surface area contributed by atoms with Gasteiger partial charge in [0.15, 0.2) is 0 Å². The van der Waals surface area contributed by atoms with Crippen LogP contribution in [0.5, 0.6) is 0 Å². The Hall–Kier alpha value is -2.69. The summed E-state index contributed by atoms with van der Waals surface area (Å²) < 4.78 is 0. The summed E-state index contributed by atoms with van der Waals surface area (Å²) in [4.78, 5) is 60.7. The third kappa shape index (κ3) is 12.8. The lowest BCUT2D eigenvalue weighted by molar-refractivity contribution is -0.144. The number of carboxylic acids is 1. The highest BCUT2D eigenvalue weighted by atomic mass is 16.4. The van der Waals surface area contributed by atoms with E-state index in [1.165, 1.54) is 0 Å². The van der Waals surface area contributed by atoms with Crippen molar-refractivity contribution >= 4 is 29.6 Å². The predicted molar refractivity (Wildman–Crippen MR) is 124 cm³/mol. The number of amides is 4. The second kappa shape index (κ2) is 14.5. The van der Waals surface area contributed by atoms with E-state index in [-0.39, 0.29) is 24.2 Å². The molecule has 11 nitrogen and oxygen atoms in total. The molecule has 0 radical (unpaired) electrons. The summed E-state index contributed by atoms with van der Waals surface area (Å²) in [5.74, 6) is -3.84. The molecule has 0 saturated carbocycles. The standard InChI is InChI=1S/C22H41N5O6/c1-11(2)7-14(23)19(29)25-15(8-12(3)4)20(30)26-16(9-13(5)6)21(31)27-17(22(32)33)10-18(24)28/h11-17H,7-10,23H2,1-6H3,(H2,24,28)(H,25,29)(H,26,30)(H,27,31)(H,32,33). The highest BCUT2D eigenvalue weighted by molar-refractivity contribution is 5.94. The second-order valence-electron chi connectivity index (χ2n) is 9.69. The number of nitrogens with two attached hydrogens (primary N) is 2. The van der Waals surface area contributed by atoms with E-state index in [1.54, 1.807) is 0 Å². The molecule has 0 aromatic rings. The monoisotopic (exact) mass is 471 g/mol. The van der Waals surface area contributed by atoms with Gasteiger partial charge in [-0.1, -0.05) is 41.5 Å². The van der Waals surface area contributed by atoms with Crippen LogP contribution in [0.4, 0.5) is 0 Å². The number of aliphatic carboxylic acids is 1. The number of nitrogens with one attached hydrogen (secondary N) is 3. The summed E-state index contributed by atoms with van der Waals surface area (Å²) in [6, 6.07) is -4.27. The molecule has 11 heteroatoms. The van der Waals surface area contributed by atoms with Crippen molar-refractivity contribution in [2.24, 2.45) is 29.2 Å². The molecule has 0 rings (SSSR count). The van der Waals surface area contributed by atoms with Crippen LogP contribution in [0.15, 0.2) is 0 Å². The van der Waals surface area contributed by atoms with Gasteiger partial charge in [0.05, 0.1) is 12.5 Å². The fraction of sp³-hybridized carbons (Fsp3) is 0.773. The molecule has 0 aromatic carbocycles. The number of primary amides is 1. The first-order valence-electron chi connectivity index (χ1n) is 11.3. The second-order valence-corrected chi connectivity index (χ2v) is 9.69. The van der Waals surface area contributed by atoms with Crippen LogP contribution in [0.25, 0.3) is 0 Å². The summed E-state index contributed by atoms with van der Waals surface area (Å²) >= 11 is 0. The predicted octanol–water partition coefficient (Wildman–Crippen LogP) is -0.134. The Balaban J connectivity index is 5.52. The normalized spacial score (nSPS) is 15.0. The Bertz CT molecular complexity index is 695. The van der Waals surface area contributed by atoms with E-state index < -0.39 is 60.2 Å². The van der Waals surface area contributed by atoms with Crippen molar-refractivity contribution < 1.29 is 29.1 Å². The zero-order valence-electron chi connectivity index (χ0n) is 20.5. The number of carbonyl (C=O) groups excluding carboxylic acids is 4. The van der Waals surface area contributed by atoms with Crippen LogP contribution in [-0.4, -0.2) is 58.9 Å². The minimum absolute atomic E-state index is 0.0157. The maximum Gasteiger partial charge on any atom is 0.326 e. The van der Waals surface area contributed by atoms with Gasteiger partial charge in [0.1, 0.15) is 18.1 Å². The smallest absolute Gasteiger partial charge is 0.326 e. The van der Waals surface area contributed by atoms with Crippen molar-refractivity contribution in [2.45, 2.75) is 91.4 Å². The first-order chi connectivity index (χ1) is 15.1. The maximum absolute atomic E-state index is 13.0. The van der Waals surface area contributed by atoms with Gasteiger partial charge >= 0.3 is 5.97 Å². The van der Waals surface area contributed by atoms with E-state index in [4.69, 9.17) is 11.5 Å². The molecular formula is C22H41N5O6. The quantitative estimate of drug-likeness (QED) is 0.191. The molecule has 0 heterocycles. The molecule has 0 aliphatic heterocycles. The fourth-order valence-corrected chi connectivity index (χ4v) is 3.25. The van der Waals surface area contributed by atoms with Gasteiger partial charge in [-0.05, 0) is 37.0 Å². The van der Waals surface area contributed by atoms with Gasteiger partial charge in [-0.25, -0.2) is 4.79 Å². The van der Waals surface area contributed by atoms with Crippen LogP contribution >= 0.6 is 0 Å². The average Bonchev–Trinajstić information content (AvgIpc) is 2.64. The third-order valence-electron chi connectivity index (χ3n) is 4.76. The molecule has 33 heavy (non-hydrogen) atoms. The molecule has 0 aromatic heterocycles. The van der Waals surface area contributed by atoms with Gasteiger partial charge in [-0.3, -0.25) is 19.2 Å². The molecule has 8 N–H and O–H groups in total. The lowest BCUT2D eigenvalue weighted by Gasteiger charge is -2.27. The van der Waals surface area contributed by atoms with Crippen LogP contribution in [0.3, 0.4) is 0 Å². The highest BCUT2D eigenvalue weighted by Crippen LogP contribution is 2.10. The Morgan fingerprint density at radius 1 is 0.667 bits per heavy atom. The van der Waals surface area contributed by atoms with Crippen molar-refractivity contribution in [1.29, 1.82) is 0 Å². The van der Waals surface area contributed by atoms with Crippen LogP contribution < -0.4 is 27.4 Å². The minimum atomic E-state index is -1.51. The molecule has 190 valence electrons. The zero-order chi connectivity index (χ0) is 25.9. The molecule has 0 aliphatic carbocycles. The number of hydrogen-bond donors (Lipinski definition) is 6. The van der Waals surface area contributed by atoms with Crippen molar-refractivity contribution in [1.82, 2.24) is 16.0 Å². The summed E-state index contributed by atoms with van der Waals surface area (Å²) in [5.41, 5.74) is 11.0. The number of carbonyl (C=O) groups is 5. The van der Waals surface area contributed by atoms with E-state index in [0.29, 0.717) is 12.8 Å². The van der Waals surface area contributed by atoms with Crippen molar-refractivity contribution in [3.8, 4) is 0 Å².